The fourth-order valence-corrected chi connectivity index (χ4v) is 5.05. The van der Waals surface area contributed by atoms with Crippen molar-refractivity contribution in [1.29, 1.82) is 0 Å². The predicted octanol–water partition coefficient (Wildman–Crippen LogP) is 6.25. The highest BCUT2D eigenvalue weighted by Gasteiger charge is 2.44. The first-order valence-corrected chi connectivity index (χ1v) is 12.0. The molecule has 35 heavy (non-hydrogen) atoms. The lowest BCUT2D eigenvalue weighted by molar-refractivity contribution is 0.0971. The summed E-state index contributed by atoms with van der Waals surface area (Å²) in [7, 11) is 1.45. The van der Waals surface area contributed by atoms with Crippen LogP contribution in [0.4, 0.5) is 5.69 Å². The quantitative estimate of drug-likeness (QED) is 0.336. The number of benzene rings is 3. The molecule has 1 N–H and O–H groups in total. The normalized spacial score (nSPS) is 15.1. The first-order chi connectivity index (χ1) is 16.6. The van der Waals surface area contributed by atoms with E-state index in [1.54, 1.807) is 23.1 Å². The van der Waals surface area contributed by atoms with Gasteiger partial charge < -0.3 is 14.3 Å². The fraction of sp³-hybridized carbons (Fsp3) is 0.214. The number of rotatable bonds is 3. The van der Waals surface area contributed by atoms with Crippen LogP contribution in [0.2, 0.25) is 0 Å². The van der Waals surface area contributed by atoms with Gasteiger partial charge in [-0.05, 0) is 108 Å². The van der Waals surface area contributed by atoms with Crippen LogP contribution in [0.3, 0.4) is 0 Å². The summed E-state index contributed by atoms with van der Waals surface area (Å²) in [6, 6.07) is 11.9. The summed E-state index contributed by atoms with van der Waals surface area (Å²) in [6.45, 7) is 7.86. The van der Waals surface area contributed by atoms with Gasteiger partial charge in [-0.3, -0.25) is 14.5 Å². The molecule has 0 fully saturated rings. The van der Waals surface area contributed by atoms with E-state index in [-0.39, 0.29) is 28.3 Å². The number of amides is 1. The number of anilines is 1. The molecule has 3 aromatic carbocycles. The van der Waals surface area contributed by atoms with Gasteiger partial charge in [-0.2, -0.15) is 0 Å². The molecule has 0 saturated carbocycles. The molecule has 1 amide bonds. The van der Waals surface area contributed by atoms with Gasteiger partial charge in [-0.15, -0.1) is 0 Å². The number of methoxy groups -OCH3 is 1. The Morgan fingerprint density at radius 2 is 1.63 bits per heavy atom. The van der Waals surface area contributed by atoms with Gasteiger partial charge in [0.1, 0.15) is 5.58 Å². The first kappa shape index (κ1) is 23.2. The van der Waals surface area contributed by atoms with Gasteiger partial charge in [0.25, 0.3) is 5.91 Å². The second kappa shape index (κ2) is 8.27. The van der Waals surface area contributed by atoms with Crippen molar-refractivity contribution in [3.63, 3.8) is 0 Å². The molecule has 0 bridgehead atoms. The highest BCUT2D eigenvalue weighted by Crippen LogP contribution is 2.45. The molecule has 1 aliphatic rings. The smallest absolute Gasteiger partial charge is 0.295 e. The van der Waals surface area contributed by atoms with E-state index in [2.05, 4.69) is 15.9 Å². The number of hydrogen-bond acceptors (Lipinski definition) is 5. The van der Waals surface area contributed by atoms with E-state index in [9.17, 15) is 14.7 Å². The molecule has 1 aromatic heterocycles. The summed E-state index contributed by atoms with van der Waals surface area (Å²) in [6.07, 6.45) is 0. The number of nitrogens with zero attached hydrogens (tertiary/aromatic N) is 1. The van der Waals surface area contributed by atoms with Crippen LogP contribution < -0.4 is 15.1 Å². The number of carbonyl (C=O) groups is 1. The first-order valence-electron chi connectivity index (χ1n) is 11.2. The Bertz CT molecular complexity index is 1600. The van der Waals surface area contributed by atoms with Gasteiger partial charge in [0.05, 0.1) is 28.6 Å². The Labute approximate surface area is 210 Å². The van der Waals surface area contributed by atoms with Crippen LogP contribution in [0.5, 0.6) is 11.5 Å². The highest BCUT2D eigenvalue weighted by molar-refractivity contribution is 9.10. The Morgan fingerprint density at radius 1 is 0.943 bits per heavy atom. The molecule has 2 heterocycles. The largest absolute Gasteiger partial charge is 0.503 e. The van der Waals surface area contributed by atoms with E-state index < -0.39 is 11.9 Å². The van der Waals surface area contributed by atoms with Crippen molar-refractivity contribution in [3.8, 4) is 11.5 Å². The van der Waals surface area contributed by atoms with E-state index in [1.807, 2.05) is 52.0 Å². The molecule has 0 aliphatic carbocycles. The molecule has 1 atom stereocenters. The van der Waals surface area contributed by atoms with Crippen LogP contribution in [0, 0.1) is 27.7 Å². The van der Waals surface area contributed by atoms with Crippen molar-refractivity contribution >= 4 is 38.5 Å². The number of fused-ring (bicyclic) bond motifs is 2. The molecule has 7 heteroatoms. The van der Waals surface area contributed by atoms with Crippen molar-refractivity contribution in [2.75, 3.05) is 12.0 Å². The van der Waals surface area contributed by atoms with Crippen LogP contribution >= 0.6 is 15.9 Å². The maximum Gasteiger partial charge on any atom is 0.295 e. The van der Waals surface area contributed by atoms with E-state index in [1.165, 1.54) is 7.11 Å². The van der Waals surface area contributed by atoms with Crippen molar-refractivity contribution in [2.45, 2.75) is 33.7 Å². The number of aryl methyl sites for hydroxylation is 4. The second-order valence-electron chi connectivity index (χ2n) is 9.01. The Balaban J connectivity index is 1.85. The zero-order chi connectivity index (χ0) is 25.2. The Morgan fingerprint density at radius 3 is 2.31 bits per heavy atom. The highest BCUT2D eigenvalue weighted by atomic mass is 79.9. The third-order valence-electron chi connectivity index (χ3n) is 6.84. The van der Waals surface area contributed by atoms with Gasteiger partial charge in [0, 0.05) is 5.69 Å². The second-order valence-corrected chi connectivity index (χ2v) is 9.86. The summed E-state index contributed by atoms with van der Waals surface area (Å²) in [4.78, 5) is 29.3. The summed E-state index contributed by atoms with van der Waals surface area (Å²) in [5, 5.41) is 10.8. The standard InChI is InChI=1S/C28H24BrNO5/c1-13-6-7-18(8-14(13)2)30-24(17-11-20(29)26(32)22(12-17)34-5)23-25(31)19-9-15(3)16(4)10-21(19)35-27(23)28(30)33/h6-12,24,32H,1-5H3. The molecule has 4 aromatic rings. The van der Waals surface area contributed by atoms with Gasteiger partial charge in [-0.25, -0.2) is 0 Å². The van der Waals surface area contributed by atoms with Gasteiger partial charge in [-0.1, -0.05) is 6.07 Å². The van der Waals surface area contributed by atoms with Crippen LogP contribution in [-0.2, 0) is 0 Å². The number of hydrogen-bond donors (Lipinski definition) is 1. The average Bonchev–Trinajstić information content (AvgIpc) is 3.11. The number of aromatic hydroxyl groups is 1. The number of ether oxygens (including phenoxy) is 1. The van der Waals surface area contributed by atoms with E-state index >= 15 is 0 Å². The molecular weight excluding hydrogens is 510 g/mol. The Hall–Kier alpha value is -3.58. The Kier molecular flexibility index (Phi) is 5.48. The van der Waals surface area contributed by atoms with Gasteiger partial charge in [0.15, 0.2) is 16.9 Å². The molecule has 1 aliphatic heterocycles. The fourth-order valence-electron chi connectivity index (χ4n) is 4.59. The van der Waals surface area contributed by atoms with Crippen molar-refractivity contribution < 1.29 is 19.1 Å². The molecule has 0 radical (unpaired) electrons. The van der Waals surface area contributed by atoms with E-state index in [0.29, 0.717) is 26.7 Å². The van der Waals surface area contributed by atoms with Gasteiger partial charge >= 0.3 is 0 Å². The minimum Gasteiger partial charge on any atom is -0.503 e. The molecule has 0 saturated heterocycles. The minimum absolute atomic E-state index is 0.0251. The van der Waals surface area contributed by atoms with Crippen LogP contribution in [0.1, 0.15) is 50.0 Å². The van der Waals surface area contributed by atoms with Gasteiger partial charge in [0.2, 0.25) is 5.76 Å². The maximum absolute atomic E-state index is 13.9. The monoisotopic (exact) mass is 533 g/mol. The van der Waals surface area contributed by atoms with Crippen LogP contribution in [0.15, 0.2) is 56.1 Å². The van der Waals surface area contributed by atoms with Crippen molar-refractivity contribution in [1.82, 2.24) is 0 Å². The van der Waals surface area contributed by atoms with Crippen LogP contribution in [-0.4, -0.2) is 18.1 Å². The minimum atomic E-state index is -0.771. The number of halogens is 1. The molecule has 5 rings (SSSR count). The average molecular weight is 534 g/mol. The van der Waals surface area contributed by atoms with E-state index in [4.69, 9.17) is 9.15 Å². The lowest BCUT2D eigenvalue weighted by atomic mass is 9.96. The molecule has 1 unspecified atom stereocenters. The number of phenolic OH excluding ortho intramolecular Hbond substituents is 1. The predicted molar refractivity (Wildman–Crippen MR) is 139 cm³/mol. The molecular formula is C28H24BrNO5. The summed E-state index contributed by atoms with van der Waals surface area (Å²) in [5.74, 6) is -0.201. The van der Waals surface area contributed by atoms with Crippen molar-refractivity contribution in [2.24, 2.45) is 0 Å². The van der Waals surface area contributed by atoms with Crippen molar-refractivity contribution in [3.05, 3.63) is 96.3 Å². The topological polar surface area (TPSA) is 80.0 Å². The maximum atomic E-state index is 13.9. The third-order valence-corrected chi connectivity index (χ3v) is 7.45. The number of carbonyl (C=O) groups excluding carboxylic acids is 1. The van der Waals surface area contributed by atoms with E-state index in [0.717, 1.165) is 22.3 Å². The summed E-state index contributed by atoms with van der Waals surface area (Å²) < 4.78 is 11.9. The number of phenols is 1. The third kappa shape index (κ3) is 3.53. The molecule has 178 valence electrons. The van der Waals surface area contributed by atoms with Crippen LogP contribution in [0.25, 0.3) is 11.0 Å². The summed E-state index contributed by atoms with van der Waals surface area (Å²) in [5.41, 5.74) is 5.70. The SMILES string of the molecule is COc1cc(C2c3c(oc4cc(C)c(C)cc4c3=O)C(=O)N2c2ccc(C)c(C)c2)cc(Br)c1O. The zero-order valence-corrected chi connectivity index (χ0v) is 21.6. The molecule has 6 nitrogen and oxygen atoms in total. The molecule has 0 spiro atoms. The lowest BCUT2D eigenvalue weighted by Crippen LogP contribution is -2.29. The summed E-state index contributed by atoms with van der Waals surface area (Å²) >= 11 is 3.38. The lowest BCUT2D eigenvalue weighted by Gasteiger charge is -2.26. The zero-order valence-electron chi connectivity index (χ0n) is 20.0.